The summed E-state index contributed by atoms with van der Waals surface area (Å²) >= 11 is 0. The van der Waals surface area contributed by atoms with Crippen LogP contribution in [0.3, 0.4) is 0 Å². The SMILES string of the molecule is c1ccc(-c2c3ccccc3nc3c2ccc2ccc(-c4ccc5cc(-c6cc(-c7ccc(-c8ccncc8)cc7)nc(-c7ccc(-c8ccncc8)cc7)c6)ccc5c4)nc23)cc1. The summed E-state index contributed by atoms with van der Waals surface area (Å²) in [4.78, 5) is 24.2. The Labute approximate surface area is 370 Å². The van der Waals surface area contributed by atoms with Gasteiger partial charge in [-0.25, -0.2) is 15.0 Å². The van der Waals surface area contributed by atoms with E-state index in [4.69, 9.17) is 15.0 Å². The van der Waals surface area contributed by atoms with Crippen molar-refractivity contribution in [1.82, 2.24) is 24.9 Å². The average molecular weight is 816 g/mol. The molecule has 0 radical (unpaired) electrons. The summed E-state index contributed by atoms with van der Waals surface area (Å²) in [6.45, 7) is 0. The fourth-order valence-corrected chi connectivity index (χ4v) is 8.95. The van der Waals surface area contributed by atoms with E-state index in [9.17, 15) is 0 Å². The van der Waals surface area contributed by atoms with Gasteiger partial charge in [-0.3, -0.25) is 9.97 Å². The Bertz CT molecular complexity index is 3580. The molecule has 0 aliphatic rings. The van der Waals surface area contributed by atoms with Crippen LogP contribution in [0.1, 0.15) is 0 Å². The van der Waals surface area contributed by atoms with E-state index in [0.717, 1.165) is 111 Å². The zero-order valence-corrected chi connectivity index (χ0v) is 34.6. The first-order valence-corrected chi connectivity index (χ1v) is 21.4. The molecule has 0 aliphatic carbocycles. The molecule has 0 bridgehead atoms. The highest BCUT2D eigenvalue weighted by atomic mass is 14.8. The van der Waals surface area contributed by atoms with Gasteiger partial charge in [-0.2, -0.15) is 0 Å². The minimum absolute atomic E-state index is 0.900. The summed E-state index contributed by atoms with van der Waals surface area (Å²) < 4.78 is 0. The monoisotopic (exact) mass is 815 g/mol. The summed E-state index contributed by atoms with van der Waals surface area (Å²) in [7, 11) is 0. The normalized spacial score (nSPS) is 11.4. The van der Waals surface area contributed by atoms with Crippen molar-refractivity contribution in [3.05, 3.63) is 225 Å². The molecule has 0 spiro atoms. The van der Waals surface area contributed by atoms with E-state index in [-0.39, 0.29) is 0 Å². The van der Waals surface area contributed by atoms with E-state index >= 15 is 0 Å². The summed E-state index contributed by atoms with van der Waals surface area (Å²) in [6, 6.07) is 70.8. The standard InChI is InChI=1S/C59H37N5/c1-2-6-44(7-3-1)57-51-8-4-5-9-54(51)64-59-52(57)24-22-45-23-25-53(63-58(45)59)49-21-20-46-34-48(19-18-47(46)35-49)50-36-55(42-14-10-38(11-15-42)40-26-30-60-31-27-40)62-56(37-50)43-16-12-39(13-17-43)41-28-32-61-33-29-41/h1-37H. The van der Waals surface area contributed by atoms with Crippen molar-refractivity contribution in [2.75, 3.05) is 0 Å². The first kappa shape index (κ1) is 37.1. The summed E-state index contributed by atoms with van der Waals surface area (Å²) in [5, 5.41) is 5.59. The van der Waals surface area contributed by atoms with Crippen LogP contribution < -0.4 is 0 Å². The largest absolute Gasteiger partial charge is 0.265 e. The lowest BCUT2D eigenvalue weighted by atomic mass is 9.95. The highest BCUT2D eigenvalue weighted by Crippen LogP contribution is 2.39. The number of benzene rings is 7. The fraction of sp³-hybridized carbons (Fsp3) is 0. The van der Waals surface area contributed by atoms with Crippen molar-refractivity contribution in [2.24, 2.45) is 0 Å². The Hall–Kier alpha value is -8.67. The molecule has 0 fully saturated rings. The van der Waals surface area contributed by atoms with Gasteiger partial charge in [-0.1, -0.05) is 140 Å². The predicted octanol–water partition coefficient (Wildman–Crippen LogP) is 14.9. The van der Waals surface area contributed by atoms with Gasteiger partial charge in [0, 0.05) is 63.2 Å². The highest BCUT2D eigenvalue weighted by molar-refractivity contribution is 6.16. The van der Waals surface area contributed by atoms with E-state index < -0.39 is 0 Å². The van der Waals surface area contributed by atoms with Crippen molar-refractivity contribution in [2.45, 2.75) is 0 Å². The Morgan fingerprint density at radius 2 is 0.766 bits per heavy atom. The second-order valence-electron chi connectivity index (χ2n) is 16.1. The number of pyridine rings is 5. The van der Waals surface area contributed by atoms with Crippen molar-refractivity contribution in [1.29, 1.82) is 0 Å². The molecule has 0 saturated heterocycles. The maximum absolute atomic E-state index is 5.33. The minimum Gasteiger partial charge on any atom is -0.265 e. The van der Waals surface area contributed by atoms with Gasteiger partial charge in [-0.15, -0.1) is 0 Å². The van der Waals surface area contributed by atoms with E-state index in [1.807, 2.05) is 49.1 Å². The molecule has 0 aliphatic heterocycles. The topological polar surface area (TPSA) is 64.5 Å². The molecule has 0 atom stereocenters. The van der Waals surface area contributed by atoms with Gasteiger partial charge >= 0.3 is 0 Å². The number of para-hydroxylation sites is 1. The van der Waals surface area contributed by atoms with E-state index in [1.54, 1.807) is 0 Å². The maximum Gasteiger partial charge on any atom is 0.0978 e. The highest BCUT2D eigenvalue weighted by Gasteiger charge is 2.16. The van der Waals surface area contributed by atoms with Gasteiger partial charge in [0.15, 0.2) is 0 Å². The van der Waals surface area contributed by atoms with Crippen molar-refractivity contribution >= 4 is 43.5 Å². The minimum atomic E-state index is 0.900. The van der Waals surface area contributed by atoms with Crippen LogP contribution in [-0.4, -0.2) is 24.9 Å². The molecule has 12 rings (SSSR count). The van der Waals surface area contributed by atoms with Gasteiger partial charge in [0.2, 0.25) is 0 Å². The zero-order chi connectivity index (χ0) is 42.4. The molecule has 7 aromatic carbocycles. The third-order valence-corrected chi connectivity index (χ3v) is 12.3. The Balaban J connectivity index is 0.930. The number of fused-ring (bicyclic) bond motifs is 5. The molecule has 0 amide bonds. The van der Waals surface area contributed by atoms with Crippen molar-refractivity contribution in [3.63, 3.8) is 0 Å². The van der Waals surface area contributed by atoms with Crippen LogP contribution in [0, 0.1) is 0 Å². The molecule has 298 valence electrons. The number of hydrogen-bond donors (Lipinski definition) is 0. The predicted molar refractivity (Wildman–Crippen MR) is 263 cm³/mol. The first-order valence-electron chi connectivity index (χ1n) is 21.4. The molecule has 0 N–H and O–H groups in total. The zero-order valence-electron chi connectivity index (χ0n) is 34.6. The van der Waals surface area contributed by atoms with Crippen LogP contribution in [-0.2, 0) is 0 Å². The summed E-state index contributed by atoms with van der Waals surface area (Å²) in [5.41, 5.74) is 17.8. The third kappa shape index (κ3) is 6.82. The van der Waals surface area contributed by atoms with E-state index in [2.05, 4.69) is 186 Å². The Morgan fingerprint density at radius 3 is 1.42 bits per heavy atom. The second kappa shape index (κ2) is 15.7. The van der Waals surface area contributed by atoms with Crippen LogP contribution in [0.25, 0.3) is 122 Å². The second-order valence-corrected chi connectivity index (χ2v) is 16.1. The number of hydrogen-bond acceptors (Lipinski definition) is 5. The molecular formula is C59H37N5. The number of aromatic nitrogens is 5. The van der Waals surface area contributed by atoms with Crippen LogP contribution in [0.5, 0.6) is 0 Å². The molecular weight excluding hydrogens is 779 g/mol. The average Bonchev–Trinajstić information content (AvgIpc) is 3.38. The van der Waals surface area contributed by atoms with Crippen LogP contribution in [0.4, 0.5) is 0 Å². The maximum atomic E-state index is 5.33. The third-order valence-electron chi connectivity index (χ3n) is 12.3. The molecule has 0 saturated carbocycles. The molecule has 12 aromatic rings. The van der Waals surface area contributed by atoms with Crippen LogP contribution in [0.2, 0.25) is 0 Å². The number of nitrogens with zero attached hydrogens (tertiary/aromatic N) is 5. The van der Waals surface area contributed by atoms with Crippen molar-refractivity contribution < 1.29 is 0 Å². The van der Waals surface area contributed by atoms with Crippen LogP contribution in [0.15, 0.2) is 225 Å². The molecule has 5 aromatic heterocycles. The molecule has 5 heteroatoms. The van der Waals surface area contributed by atoms with Gasteiger partial charge in [0.1, 0.15) is 0 Å². The summed E-state index contributed by atoms with van der Waals surface area (Å²) in [6.07, 6.45) is 7.31. The molecule has 64 heavy (non-hydrogen) atoms. The summed E-state index contributed by atoms with van der Waals surface area (Å²) in [5.74, 6) is 0. The lowest BCUT2D eigenvalue weighted by molar-refractivity contribution is 1.32. The quantitative estimate of drug-likeness (QED) is 0.118. The first-order chi connectivity index (χ1) is 31.7. The molecule has 5 heterocycles. The van der Waals surface area contributed by atoms with Gasteiger partial charge in [0.25, 0.3) is 0 Å². The van der Waals surface area contributed by atoms with Crippen LogP contribution >= 0.6 is 0 Å². The van der Waals surface area contributed by atoms with Gasteiger partial charge in [0.05, 0.1) is 33.6 Å². The Kier molecular flexibility index (Phi) is 9.08. The lowest BCUT2D eigenvalue weighted by Gasteiger charge is -2.14. The lowest BCUT2D eigenvalue weighted by Crippen LogP contribution is -1.93. The molecule has 5 nitrogen and oxygen atoms in total. The van der Waals surface area contributed by atoms with Gasteiger partial charge in [-0.05, 0) is 110 Å². The Morgan fingerprint density at radius 1 is 0.250 bits per heavy atom. The van der Waals surface area contributed by atoms with E-state index in [1.165, 1.54) is 11.1 Å². The van der Waals surface area contributed by atoms with E-state index in [0.29, 0.717) is 0 Å². The number of rotatable bonds is 7. The molecule has 0 unspecified atom stereocenters. The smallest absolute Gasteiger partial charge is 0.0978 e. The fourth-order valence-electron chi connectivity index (χ4n) is 8.95. The van der Waals surface area contributed by atoms with Gasteiger partial charge < -0.3 is 0 Å². The van der Waals surface area contributed by atoms with Crippen molar-refractivity contribution in [3.8, 4) is 78.3 Å².